The summed E-state index contributed by atoms with van der Waals surface area (Å²) in [6.45, 7) is 4.79. The molecule has 2 aliphatic rings. The lowest BCUT2D eigenvalue weighted by atomic mass is 9.86. The Morgan fingerprint density at radius 3 is 3.10 bits per heavy atom. The van der Waals surface area contributed by atoms with Crippen molar-refractivity contribution in [3.8, 4) is 0 Å². The zero-order valence-electron chi connectivity index (χ0n) is 12.1. The zero-order valence-corrected chi connectivity index (χ0v) is 12.1. The molecule has 4 heterocycles. The van der Waals surface area contributed by atoms with Crippen LogP contribution in [-0.2, 0) is 11.2 Å². The molecule has 0 radical (unpaired) electrons. The molecule has 1 atom stereocenters. The number of H-pyrrole nitrogens is 1. The van der Waals surface area contributed by atoms with E-state index in [-0.39, 0.29) is 11.3 Å². The van der Waals surface area contributed by atoms with Crippen LogP contribution in [0.25, 0.3) is 11.0 Å². The van der Waals surface area contributed by atoms with Crippen molar-refractivity contribution in [2.75, 3.05) is 24.5 Å². The fourth-order valence-corrected chi connectivity index (χ4v) is 3.68. The van der Waals surface area contributed by atoms with Gasteiger partial charge in [0.15, 0.2) is 0 Å². The van der Waals surface area contributed by atoms with Crippen molar-refractivity contribution < 1.29 is 4.79 Å². The second kappa shape index (κ2) is 4.44. The van der Waals surface area contributed by atoms with Crippen LogP contribution in [0.3, 0.4) is 0 Å². The SMILES string of the molecule is CCc1c[nH]c2ncnc(N3CCC4(CNC(=O)C4)C3)c12. The maximum atomic E-state index is 11.6. The van der Waals surface area contributed by atoms with Crippen LogP contribution >= 0.6 is 0 Å². The average Bonchev–Trinajstić information content (AvgIpc) is 3.18. The third kappa shape index (κ3) is 1.89. The quantitative estimate of drug-likeness (QED) is 0.870. The van der Waals surface area contributed by atoms with Crippen LogP contribution in [0.5, 0.6) is 0 Å². The Kier molecular flexibility index (Phi) is 2.67. The first-order valence-corrected chi connectivity index (χ1v) is 7.53. The maximum Gasteiger partial charge on any atom is 0.220 e. The molecule has 6 heteroatoms. The molecule has 1 amide bonds. The second-order valence-corrected chi connectivity index (χ2v) is 6.21. The highest BCUT2D eigenvalue weighted by atomic mass is 16.1. The third-order valence-corrected chi connectivity index (χ3v) is 4.85. The van der Waals surface area contributed by atoms with Gasteiger partial charge in [0.1, 0.15) is 17.8 Å². The molecule has 6 nitrogen and oxygen atoms in total. The van der Waals surface area contributed by atoms with Gasteiger partial charge in [-0.05, 0) is 18.4 Å². The first-order chi connectivity index (χ1) is 10.2. The van der Waals surface area contributed by atoms with Crippen LogP contribution in [0.4, 0.5) is 5.82 Å². The molecular formula is C15H19N5O. The van der Waals surface area contributed by atoms with E-state index in [4.69, 9.17) is 0 Å². The van der Waals surface area contributed by atoms with Crippen molar-refractivity contribution >= 4 is 22.8 Å². The van der Waals surface area contributed by atoms with Crippen molar-refractivity contribution in [2.24, 2.45) is 5.41 Å². The van der Waals surface area contributed by atoms with E-state index in [1.165, 1.54) is 5.56 Å². The molecule has 0 aliphatic carbocycles. The maximum absolute atomic E-state index is 11.6. The van der Waals surface area contributed by atoms with Gasteiger partial charge in [0.25, 0.3) is 0 Å². The molecule has 1 spiro atoms. The number of hydrogen-bond donors (Lipinski definition) is 2. The number of anilines is 1. The smallest absolute Gasteiger partial charge is 0.220 e. The Labute approximate surface area is 123 Å². The normalized spacial score (nSPS) is 25.2. The summed E-state index contributed by atoms with van der Waals surface area (Å²) in [5.41, 5.74) is 2.25. The second-order valence-electron chi connectivity index (χ2n) is 6.21. The molecular weight excluding hydrogens is 266 g/mol. The van der Waals surface area contributed by atoms with Crippen molar-refractivity contribution in [3.05, 3.63) is 18.1 Å². The fraction of sp³-hybridized carbons (Fsp3) is 0.533. The van der Waals surface area contributed by atoms with Gasteiger partial charge in [0.2, 0.25) is 5.91 Å². The monoisotopic (exact) mass is 285 g/mol. The summed E-state index contributed by atoms with van der Waals surface area (Å²) in [7, 11) is 0. The number of carbonyl (C=O) groups is 1. The van der Waals surface area contributed by atoms with E-state index >= 15 is 0 Å². The highest BCUT2D eigenvalue weighted by molar-refractivity contribution is 5.91. The summed E-state index contributed by atoms with van der Waals surface area (Å²) in [6, 6.07) is 0. The Bertz CT molecular complexity index is 709. The minimum absolute atomic E-state index is 0.0943. The molecule has 0 bridgehead atoms. The third-order valence-electron chi connectivity index (χ3n) is 4.85. The van der Waals surface area contributed by atoms with Gasteiger partial charge in [-0.2, -0.15) is 0 Å². The van der Waals surface area contributed by atoms with Crippen LogP contribution < -0.4 is 10.2 Å². The number of nitrogens with one attached hydrogen (secondary N) is 2. The van der Waals surface area contributed by atoms with Gasteiger partial charge in [-0.15, -0.1) is 0 Å². The lowest BCUT2D eigenvalue weighted by Gasteiger charge is -2.23. The van der Waals surface area contributed by atoms with Gasteiger partial charge in [-0.25, -0.2) is 9.97 Å². The molecule has 2 N–H and O–H groups in total. The molecule has 2 fully saturated rings. The average molecular weight is 285 g/mol. The molecule has 110 valence electrons. The molecule has 1 unspecified atom stereocenters. The number of nitrogens with zero attached hydrogens (tertiary/aromatic N) is 3. The van der Waals surface area contributed by atoms with Crippen molar-refractivity contribution in [1.29, 1.82) is 0 Å². The number of aryl methyl sites for hydroxylation is 1. The highest BCUT2D eigenvalue weighted by Crippen LogP contribution is 2.40. The topological polar surface area (TPSA) is 73.9 Å². The van der Waals surface area contributed by atoms with Crippen LogP contribution in [0.2, 0.25) is 0 Å². The van der Waals surface area contributed by atoms with Gasteiger partial charge in [0.05, 0.1) is 5.39 Å². The number of hydrogen-bond acceptors (Lipinski definition) is 4. The minimum atomic E-state index is 0.0943. The molecule has 2 aliphatic heterocycles. The van der Waals surface area contributed by atoms with E-state index in [1.54, 1.807) is 6.33 Å². The molecule has 0 aromatic carbocycles. The van der Waals surface area contributed by atoms with Crippen LogP contribution in [0.15, 0.2) is 12.5 Å². The van der Waals surface area contributed by atoms with Crippen LogP contribution in [-0.4, -0.2) is 40.5 Å². The van der Waals surface area contributed by atoms with Crippen molar-refractivity contribution in [3.63, 3.8) is 0 Å². The van der Waals surface area contributed by atoms with E-state index in [1.807, 2.05) is 6.20 Å². The van der Waals surface area contributed by atoms with Gasteiger partial charge in [-0.3, -0.25) is 4.79 Å². The largest absolute Gasteiger partial charge is 0.355 e. The summed E-state index contributed by atoms with van der Waals surface area (Å²) in [5.74, 6) is 1.19. The molecule has 2 aromatic heterocycles. The summed E-state index contributed by atoms with van der Waals surface area (Å²) in [6.07, 6.45) is 6.29. The number of aromatic amines is 1. The lowest BCUT2D eigenvalue weighted by Crippen LogP contribution is -2.29. The van der Waals surface area contributed by atoms with Gasteiger partial charge >= 0.3 is 0 Å². The summed E-state index contributed by atoms with van der Waals surface area (Å²) in [5, 5.41) is 4.11. The van der Waals surface area contributed by atoms with Gasteiger partial charge in [0, 0.05) is 37.7 Å². The molecule has 2 saturated heterocycles. The van der Waals surface area contributed by atoms with E-state index < -0.39 is 0 Å². The molecule has 4 rings (SSSR count). The molecule has 0 saturated carbocycles. The van der Waals surface area contributed by atoms with Crippen LogP contribution in [0, 0.1) is 5.41 Å². The first kappa shape index (κ1) is 12.6. The fourth-order valence-electron chi connectivity index (χ4n) is 3.68. The standard InChI is InChI=1S/C15H19N5O/c1-2-10-6-16-13-12(10)14(19-9-18-13)20-4-3-15(8-20)5-11(21)17-7-15/h6,9H,2-5,7-8H2,1H3,(H,17,21)(H,16,18,19). The predicted molar refractivity (Wildman–Crippen MR) is 80.2 cm³/mol. The Hall–Kier alpha value is -2.11. The number of amides is 1. The Morgan fingerprint density at radius 1 is 1.43 bits per heavy atom. The number of rotatable bonds is 2. The Balaban J connectivity index is 1.71. The Morgan fingerprint density at radius 2 is 2.33 bits per heavy atom. The van der Waals surface area contributed by atoms with Gasteiger partial charge < -0.3 is 15.2 Å². The lowest BCUT2D eigenvalue weighted by molar-refractivity contribution is -0.119. The summed E-state index contributed by atoms with van der Waals surface area (Å²) in [4.78, 5) is 26.0. The number of aromatic nitrogens is 3. The predicted octanol–water partition coefficient (Wildman–Crippen LogP) is 1.24. The summed E-state index contributed by atoms with van der Waals surface area (Å²) >= 11 is 0. The molecule has 2 aromatic rings. The summed E-state index contributed by atoms with van der Waals surface area (Å²) < 4.78 is 0. The van der Waals surface area contributed by atoms with Gasteiger partial charge in [-0.1, -0.05) is 6.92 Å². The molecule has 21 heavy (non-hydrogen) atoms. The van der Waals surface area contributed by atoms with Crippen molar-refractivity contribution in [1.82, 2.24) is 20.3 Å². The first-order valence-electron chi connectivity index (χ1n) is 7.53. The number of carbonyl (C=O) groups excluding carboxylic acids is 1. The highest BCUT2D eigenvalue weighted by Gasteiger charge is 2.44. The zero-order chi connectivity index (χ0) is 14.4. The van der Waals surface area contributed by atoms with E-state index in [0.29, 0.717) is 6.42 Å². The van der Waals surface area contributed by atoms with E-state index in [2.05, 4.69) is 32.1 Å². The van der Waals surface area contributed by atoms with E-state index in [9.17, 15) is 4.79 Å². The van der Waals surface area contributed by atoms with E-state index in [0.717, 1.165) is 49.3 Å². The van der Waals surface area contributed by atoms with Crippen LogP contribution in [0.1, 0.15) is 25.3 Å². The number of fused-ring (bicyclic) bond motifs is 1. The minimum Gasteiger partial charge on any atom is -0.355 e. The van der Waals surface area contributed by atoms with Crippen molar-refractivity contribution in [2.45, 2.75) is 26.2 Å².